The third kappa shape index (κ3) is 6.78. The molecule has 0 amide bonds. The molecule has 7 heteroatoms. The zero-order chi connectivity index (χ0) is 15.1. The zero-order valence-corrected chi connectivity index (χ0v) is 12.8. The number of hydrogen-bond acceptors (Lipinski definition) is 4. The highest BCUT2D eigenvalue weighted by Gasteiger charge is 2.31. The fourth-order valence-corrected chi connectivity index (χ4v) is 3.16. The minimum Gasteiger partial charge on any atom is -0.315 e. The Morgan fingerprint density at radius 2 is 1.81 bits per heavy atom. The second kappa shape index (κ2) is 8.12. The van der Waals surface area contributed by atoms with E-state index in [9.17, 15) is 13.2 Å². The highest BCUT2D eigenvalue weighted by molar-refractivity contribution is 7.07. The lowest BCUT2D eigenvalue weighted by Crippen LogP contribution is -2.50. The molecule has 120 valence electrons. The average molecular weight is 321 g/mol. The van der Waals surface area contributed by atoms with E-state index in [1.165, 1.54) is 10.5 Å². The monoisotopic (exact) mass is 321 g/mol. The minimum absolute atomic E-state index is 0.508. The summed E-state index contributed by atoms with van der Waals surface area (Å²) in [5, 5.41) is 7.62. The van der Waals surface area contributed by atoms with Gasteiger partial charge in [0.15, 0.2) is 0 Å². The van der Waals surface area contributed by atoms with Gasteiger partial charge in [-0.25, -0.2) is 0 Å². The van der Waals surface area contributed by atoms with Crippen LogP contribution in [0.25, 0.3) is 0 Å². The van der Waals surface area contributed by atoms with Gasteiger partial charge >= 0.3 is 6.18 Å². The Morgan fingerprint density at radius 3 is 2.43 bits per heavy atom. The molecule has 1 aliphatic rings. The fraction of sp³-hybridized carbons (Fsp3) is 0.714. The van der Waals surface area contributed by atoms with Crippen molar-refractivity contribution in [3.05, 3.63) is 22.4 Å². The first-order valence-corrected chi connectivity index (χ1v) is 8.20. The van der Waals surface area contributed by atoms with Crippen molar-refractivity contribution in [2.24, 2.45) is 0 Å². The van der Waals surface area contributed by atoms with E-state index in [1.54, 1.807) is 11.3 Å². The van der Waals surface area contributed by atoms with Gasteiger partial charge in [-0.05, 0) is 35.4 Å². The third-order valence-corrected chi connectivity index (χ3v) is 4.38. The maximum Gasteiger partial charge on any atom is 0.401 e. The van der Waals surface area contributed by atoms with Crippen LogP contribution in [0.1, 0.15) is 5.56 Å². The molecule has 1 aromatic rings. The largest absolute Gasteiger partial charge is 0.401 e. The molecule has 3 nitrogen and oxygen atoms in total. The van der Waals surface area contributed by atoms with E-state index >= 15 is 0 Å². The van der Waals surface area contributed by atoms with E-state index in [0.29, 0.717) is 13.1 Å². The van der Waals surface area contributed by atoms with Crippen LogP contribution in [0, 0.1) is 0 Å². The smallest absolute Gasteiger partial charge is 0.315 e. The highest BCUT2D eigenvalue weighted by atomic mass is 32.1. The number of hydrogen-bond donors (Lipinski definition) is 1. The van der Waals surface area contributed by atoms with Crippen molar-refractivity contribution in [2.75, 3.05) is 52.4 Å². The molecule has 1 aromatic heterocycles. The molecule has 0 aromatic carbocycles. The number of nitrogens with one attached hydrogen (secondary N) is 1. The molecule has 1 N–H and O–H groups in total. The standard InChI is InChI=1S/C14H22F3N3S/c15-14(16,17)12-20-8-6-19(7-9-20)5-4-18-3-1-13-2-10-21-11-13/h2,10-11,18H,1,3-9,12H2. The van der Waals surface area contributed by atoms with Crippen molar-refractivity contribution in [3.63, 3.8) is 0 Å². The molecule has 2 rings (SSSR count). The van der Waals surface area contributed by atoms with Gasteiger partial charge in [0.2, 0.25) is 0 Å². The lowest BCUT2D eigenvalue weighted by atomic mass is 10.2. The topological polar surface area (TPSA) is 18.5 Å². The molecule has 1 aliphatic heterocycles. The number of halogens is 3. The first-order chi connectivity index (χ1) is 10.0. The summed E-state index contributed by atoms with van der Waals surface area (Å²) in [6.45, 7) is 4.44. The van der Waals surface area contributed by atoms with Crippen LogP contribution >= 0.6 is 11.3 Å². The van der Waals surface area contributed by atoms with Crippen molar-refractivity contribution in [3.8, 4) is 0 Å². The Morgan fingerprint density at radius 1 is 1.10 bits per heavy atom. The Hall–Kier alpha value is -0.630. The normalized spacial score (nSPS) is 18.2. The van der Waals surface area contributed by atoms with Crippen LogP contribution in [0.3, 0.4) is 0 Å². The molecule has 0 unspecified atom stereocenters. The summed E-state index contributed by atoms with van der Waals surface area (Å²) >= 11 is 1.71. The predicted molar refractivity (Wildman–Crippen MR) is 79.8 cm³/mol. The van der Waals surface area contributed by atoms with Gasteiger partial charge in [-0.2, -0.15) is 24.5 Å². The van der Waals surface area contributed by atoms with Crippen molar-refractivity contribution in [2.45, 2.75) is 12.6 Å². The number of thiophene rings is 1. The Kier molecular flexibility index (Phi) is 6.47. The second-order valence-electron chi connectivity index (χ2n) is 5.36. The third-order valence-electron chi connectivity index (χ3n) is 3.64. The summed E-state index contributed by atoms with van der Waals surface area (Å²) in [7, 11) is 0. The Bertz CT molecular complexity index is 387. The maximum atomic E-state index is 12.3. The van der Waals surface area contributed by atoms with E-state index in [2.05, 4.69) is 27.0 Å². The quantitative estimate of drug-likeness (QED) is 0.776. The molecule has 0 saturated carbocycles. The molecular weight excluding hydrogens is 299 g/mol. The molecule has 21 heavy (non-hydrogen) atoms. The van der Waals surface area contributed by atoms with Gasteiger partial charge < -0.3 is 5.32 Å². The van der Waals surface area contributed by atoms with E-state index in [4.69, 9.17) is 0 Å². The van der Waals surface area contributed by atoms with Gasteiger partial charge in [0.25, 0.3) is 0 Å². The summed E-state index contributed by atoms with van der Waals surface area (Å²) in [5.74, 6) is 0. The molecule has 1 saturated heterocycles. The zero-order valence-electron chi connectivity index (χ0n) is 12.0. The lowest BCUT2D eigenvalue weighted by molar-refractivity contribution is -0.149. The van der Waals surface area contributed by atoms with E-state index in [0.717, 1.165) is 39.1 Å². The highest BCUT2D eigenvalue weighted by Crippen LogP contribution is 2.17. The van der Waals surface area contributed by atoms with Gasteiger partial charge in [-0.3, -0.25) is 9.80 Å². The summed E-state index contributed by atoms with van der Waals surface area (Å²) in [4.78, 5) is 3.71. The van der Waals surface area contributed by atoms with E-state index in [-0.39, 0.29) is 0 Å². The summed E-state index contributed by atoms with van der Waals surface area (Å²) in [6.07, 6.45) is -3.05. The number of rotatable bonds is 7. The fourth-order valence-electron chi connectivity index (χ4n) is 2.45. The molecule has 0 bridgehead atoms. The number of nitrogens with zero attached hydrogens (tertiary/aromatic N) is 2. The van der Waals surface area contributed by atoms with Crippen molar-refractivity contribution in [1.82, 2.24) is 15.1 Å². The van der Waals surface area contributed by atoms with Crippen LogP contribution in [-0.4, -0.2) is 68.3 Å². The van der Waals surface area contributed by atoms with Gasteiger partial charge in [0.1, 0.15) is 0 Å². The molecule has 0 atom stereocenters. The van der Waals surface area contributed by atoms with Crippen molar-refractivity contribution >= 4 is 11.3 Å². The number of piperazine rings is 1. The summed E-state index contributed by atoms with van der Waals surface area (Å²) in [5.41, 5.74) is 1.35. The van der Waals surface area contributed by atoms with Crippen molar-refractivity contribution in [1.29, 1.82) is 0 Å². The maximum absolute atomic E-state index is 12.3. The molecule has 0 spiro atoms. The van der Waals surface area contributed by atoms with Crippen LogP contribution in [0.5, 0.6) is 0 Å². The summed E-state index contributed by atoms with van der Waals surface area (Å²) in [6, 6.07) is 2.13. The number of alkyl halides is 3. The molecule has 1 fully saturated rings. The van der Waals surface area contributed by atoms with Crippen LogP contribution < -0.4 is 5.32 Å². The first kappa shape index (κ1) is 16.7. The first-order valence-electron chi connectivity index (χ1n) is 7.26. The average Bonchev–Trinajstić information content (AvgIpc) is 2.92. The second-order valence-corrected chi connectivity index (χ2v) is 6.14. The van der Waals surface area contributed by atoms with E-state index < -0.39 is 12.7 Å². The SMILES string of the molecule is FC(F)(F)CN1CCN(CCNCCc2ccsc2)CC1. The minimum atomic E-state index is -4.08. The van der Waals surface area contributed by atoms with Crippen molar-refractivity contribution < 1.29 is 13.2 Å². The van der Waals surface area contributed by atoms with Gasteiger partial charge in [0, 0.05) is 39.3 Å². The predicted octanol–water partition coefficient (Wildman–Crippen LogP) is 2.06. The Balaban J connectivity index is 1.51. The summed E-state index contributed by atoms with van der Waals surface area (Å²) < 4.78 is 36.8. The van der Waals surface area contributed by atoms with Gasteiger partial charge in [-0.1, -0.05) is 0 Å². The van der Waals surface area contributed by atoms with Gasteiger partial charge in [0.05, 0.1) is 6.54 Å². The van der Waals surface area contributed by atoms with Crippen LogP contribution in [0.2, 0.25) is 0 Å². The van der Waals surface area contributed by atoms with Gasteiger partial charge in [-0.15, -0.1) is 0 Å². The van der Waals surface area contributed by atoms with Crippen LogP contribution in [0.4, 0.5) is 13.2 Å². The molecular formula is C14H22F3N3S. The van der Waals surface area contributed by atoms with Crippen LogP contribution in [-0.2, 0) is 6.42 Å². The van der Waals surface area contributed by atoms with E-state index in [1.807, 2.05) is 0 Å². The molecule has 0 radical (unpaired) electrons. The Labute approximate surface area is 127 Å². The molecule has 0 aliphatic carbocycles. The molecule has 2 heterocycles. The van der Waals surface area contributed by atoms with Crippen LogP contribution in [0.15, 0.2) is 16.8 Å². The lowest BCUT2D eigenvalue weighted by Gasteiger charge is -2.34.